The molecule has 1 aliphatic heterocycles. The first-order chi connectivity index (χ1) is 13.4. The molecular formula is C18H18ClFN2O5S. The minimum atomic E-state index is -3.72. The average molecular weight is 429 g/mol. The molecule has 0 atom stereocenters. The lowest BCUT2D eigenvalue weighted by molar-refractivity contribution is -0.118. The molecule has 2 aromatic rings. The summed E-state index contributed by atoms with van der Waals surface area (Å²) in [5.41, 5.74) is 0.156. The van der Waals surface area contributed by atoms with Crippen molar-refractivity contribution in [3.8, 4) is 5.75 Å². The van der Waals surface area contributed by atoms with Crippen molar-refractivity contribution in [1.29, 1.82) is 0 Å². The Bertz CT molecular complexity index is 947. The van der Waals surface area contributed by atoms with E-state index >= 15 is 0 Å². The summed E-state index contributed by atoms with van der Waals surface area (Å²) in [6, 6.07) is 9.32. The summed E-state index contributed by atoms with van der Waals surface area (Å²) in [5.74, 6) is -0.625. The number of sulfonamides is 1. The summed E-state index contributed by atoms with van der Waals surface area (Å²) < 4.78 is 50.1. The van der Waals surface area contributed by atoms with E-state index in [4.69, 9.17) is 21.1 Å². The topological polar surface area (TPSA) is 84.9 Å². The van der Waals surface area contributed by atoms with Gasteiger partial charge in [-0.3, -0.25) is 4.79 Å². The third-order valence-electron chi connectivity index (χ3n) is 4.00. The van der Waals surface area contributed by atoms with Crippen LogP contribution in [0, 0.1) is 5.82 Å². The molecule has 0 saturated carbocycles. The fourth-order valence-corrected chi connectivity index (χ4v) is 4.16. The zero-order chi connectivity index (χ0) is 20.1. The van der Waals surface area contributed by atoms with Gasteiger partial charge in [-0.15, -0.1) is 0 Å². The summed E-state index contributed by atoms with van der Waals surface area (Å²) in [6.45, 7) is 0.840. The SMILES string of the molecule is O=C(COc1ccc(F)cc1)Nc1cc(S(=O)(=O)N2CCOCC2)ccc1Cl. The number of morpholine rings is 1. The number of nitrogens with one attached hydrogen (secondary N) is 1. The number of carbonyl (C=O) groups is 1. The Balaban J connectivity index is 1.68. The van der Waals surface area contributed by atoms with Gasteiger partial charge in [0.25, 0.3) is 5.91 Å². The van der Waals surface area contributed by atoms with Crippen molar-refractivity contribution in [2.75, 3.05) is 38.2 Å². The smallest absolute Gasteiger partial charge is 0.262 e. The van der Waals surface area contributed by atoms with Crippen LogP contribution in [-0.4, -0.2) is 51.5 Å². The average Bonchev–Trinajstić information content (AvgIpc) is 2.70. The molecule has 1 fully saturated rings. The van der Waals surface area contributed by atoms with Gasteiger partial charge in [-0.1, -0.05) is 11.6 Å². The van der Waals surface area contributed by atoms with Gasteiger partial charge in [0.2, 0.25) is 10.0 Å². The number of hydrogen-bond donors (Lipinski definition) is 1. The number of anilines is 1. The molecule has 1 amide bonds. The number of benzene rings is 2. The predicted octanol–water partition coefficient (Wildman–Crippen LogP) is 2.52. The fraction of sp³-hybridized carbons (Fsp3) is 0.278. The minimum Gasteiger partial charge on any atom is -0.484 e. The Morgan fingerprint density at radius 1 is 1.18 bits per heavy atom. The van der Waals surface area contributed by atoms with Crippen molar-refractivity contribution in [2.45, 2.75) is 4.90 Å². The van der Waals surface area contributed by atoms with E-state index in [2.05, 4.69) is 5.32 Å². The van der Waals surface area contributed by atoms with Gasteiger partial charge in [0.15, 0.2) is 6.61 Å². The number of rotatable bonds is 6. The predicted molar refractivity (Wildman–Crippen MR) is 102 cm³/mol. The summed E-state index contributed by atoms with van der Waals surface area (Å²) >= 11 is 6.09. The molecule has 0 radical (unpaired) electrons. The van der Waals surface area contributed by atoms with Crippen molar-refractivity contribution >= 4 is 33.2 Å². The second kappa shape index (κ2) is 8.87. The summed E-state index contributed by atoms with van der Waals surface area (Å²) in [5, 5.41) is 2.72. The number of halogens is 2. The zero-order valence-corrected chi connectivity index (χ0v) is 16.3. The first-order valence-electron chi connectivity index (χ1n) is 8.42. The maximum Gasteiger partial charge on any atom is 0.262 e. The Kier molecular flexibility index (Phi) is 6.50. The largest absolute Gasteiger partial charge is 0.484 e. The minimum absolute atomic E-state index is 0.0218. The lowest BCUT2D eigenvalue weighted by Gasteiger charge is -2.26. The van der Waals surface area contributed by atoms with Gasteiger partial charge < -0.3 is 14.8 Å². The van der Waals surface area contributed by atoms with E-state index in [1.165, 1.54) is 46.8 Å². The molecule has 0 spiro atoms. The van der Waals surface area contributed by atoms with Gasteiger partial charge in [-0.05, 0) is 42.5 Å². The van der Waals surface area contributed by atoms with E-state index in [0.29, 0.717) is 19.0 Å². The molecule has 0 unspecified atom stereocenters. The highest BCUT2D eigenvalue weighted by molar-refractivity contribution is 7.89. The molecule has 3 rings (SSSR count). The maximum absolute atomic E-state index is 12.9. The standard InChI is InChI=1S/C18H18ClFN2O5S/c19-16-6-5-15(28(24,25)22-7-9-26-10-8-22)11-17(16)21-18(23)12-27-14-3-1-13(20)2-4-14/h1-6,11H,7-10,12H2,(H,21,23). The van der Waals surface area contributed by atoms with Crippen LogP contribution in [0.1, 0.15) is 0 Å². The van der Waals surface area contributed by atoms with Gasteiger partial charge in [0.05, 0.1) is 28.8 Å². The summed E-state index contributed by atoms with van der Waals surface area (Å²) in [6.07, 6.45) is 0. The molecule has 1 aliphatic rings. The summed E-state index contributed by atoms with van der Waals surface area (Å²) in [4.78, 5) is 12.1. The van der Waals surface area contributed by atoms with Crippen LogP contribution >= 0.6 is 11.6 Å². The number of hydrogen-bond acceptors (Lipinski definition) is 5. The first kappa shape index (κ1) is 20.5. The molecule has 1 N–H and O–H groups in total. The van der Waals surface area contributed by atoms with E-state index in [0.717, 1.165) is 0 Å². The quantitative estimate of drug-likeness (QED) is 0.764. The Hall–Kier alpha value is -2.20. The van der Waals surface area contributed by atoms with Crippen LogP contribution in [-0.2, 0) is 19.6 Å². The lowest BCUT2D eigenvalue weighted by atomic mass is 10.3. The maximum atomic E-state index is 12.9. The molecule has 1 heterocycles. The Labute approximate surface area is 167 Å². The van der Waals surface area contributed by atoms with Gasteiger partial charge >= 0.3 is 0 Å². The molecule has 0 aromatic heterocycles. The van der Waals surface area contributed by atoms with Crippen molar-refractivity contribution in [3.05, 3.63) is 53.3 Å². The highest BCUT2D eigenvalue weighted by atomic mass is 35.5. The number of carbonyl (C=O) groups excluding carboxylic acids is 1. The molecule has 150 valence electrons. The van der Waals surface area contributed by atoms with Crippen LogP contribution in [0.3, 0.4) is 0 Å². The number of ether oxygens (including phenoxy) is 2. The van der Waals surface area contributed by atoms with Gasteiger partial charge in [0, 0.05) is 13.1 Å². The second-order valence-corrected chi connectivity index (χ2v) is 8.29. The van der Waals surface area contributed by atoms with Gasteiger partial charge in [-0.2, -0.15) is 4.31 Å². The lowest BCUT2D eigenvalue weighted by Crippen LogP contribution is -2.40. The van der Waals surface area contributed by atoms with Crippen LogP contribution in [0.5, 0.6) is 5.75 Å². The molecule has 1 saturated heterocycles. The van der Waals surface area contributed by atoms with Crippen LogP contribution in [0.4, 0.5) is 10.1 Å². The van der Waals surface area contributed by atoms with Crippen LogP contribution in [0.15, 0.2) is 47.4 Å². The monoisotopic (exact) mass is 428 g/mol. The molecule has 0 aliphatic carbocycles. The van der Waals surface area contributed by atoms with Crippen LogP contribution in [0.25, 0.3) is 0 Å². The second-order valence-electron chi connectivity index (χ2n) is 5.95. The molecule has 2 aromatic carbocycles. The van der Waals surface area contributed by atoms with E-state index in [1.54, 1.807) is 0 Å². The Morgan fingerprint density at radius 2 is 1.86 bits per heavy atom. The third kappa shape index (κ3) is 4.99. The van der Waals surface area contributed by atoms with Gasteiger partial charge in [-0.25, -0.2) is 12.8 Å². The van der Waals surface area contributed by atoms with Crippen molar-refractivity contribution in [2.24, 2.45) is 0 Å². The van der Waals surface area contributed by atoms with E-state index in [9.17, 15) is 17.6 Å². The van der Waals surface area contributed by atoms with Crippen LogP contribution in [0.2, 0.25) is 5.02 Å². The highest BCUT2D eigenvalue weighted by Gasteiger charge is 2.27. The molecule has 28 heavy (non-hydrogen) atoms. The molecular weight excluding hydrogens is 411 g/mol. The fourth-order valence-electron chi connectivity index (χ4n) is 2.56. The van der Waals surface area contributed by atoms with Crippen LogP contribution < -0.4 is 10.1 Å². The zero-order valence-electron chi connectivity index (χ0n) is 14.7. The molecule has 7 nitrogen and oxygen atoms in total. The normalized spacial score (nSPS) is 15.2. The third-order valence-corrected chi connectivity index (χ3v) is 6.23. The number of amides is 1. The first-order valence-corrected chi connectivity index (χ1v) is 10.2. The molecule has 10 heteroatoms. The Morgan fingerprint density at radius 3 is 2.54 bits per heavy atom. The van der Waals surface area contributed by atoms with E-state index in [-0.39, 0.29) is 35.3 Å². The van der Waals surface area contributed by atoms with Crippen molar-refractivity contribution in [3.63, 3.8) is 0 Å². The summed E-state index contributed by atoms with van der Waals surface area (Å²) in [7, 11) is -3.72. The van der Waals surface area contributed by atoms with Gasteiger partial charge in [0.1, 0.15) is 11.6 Å². The van der Waals surface area contributed by atoms with E-state index in [1.807, 2.05) is 0 Å². The van der Waals surface area contributed by atoms with Crippen molar-refractivity contribution in [1.82, 2.24) is 4.31 Å². The van der Waals surface area contributed by atoms with E-state index < -0.39 is 21.7 Å². The highest BCUT2D eigenvalue weighted by Crippen LogP contribution is 2.27. The number of nitrogens with zero attached hydrogens (tertiary/aromatic N) is 1. The van der Waals surface area contributed by atoms with Crippen molar-refractivity contribution < 1.29 is 27.1 Å². The molecule has 0 bridgehead atoms.